The van der Waals surface area contributed by atoms with Crippen molar-refractivity contribution in [1.29, 1.82) is 0 Å². The predicted octanol–water partition coefficient (Wildman–Crippen LogP) is 3.21. The summed E-state index contributed by atoms with van der Waals surface area (Å²) in [7, 11) is 0. The summed E-state index contributed by atoms with van der Waals surface area (Å²) in [4.78, 5) is 21.4. The van der Waals surface area contributed by atoms with E-state index in [9.17, 15) is 14.9 Å². The molecule has 21 heavy (non-hydrogen) atoms. The van der Waals surface area contributed by atoms with Crippen molar-refractivity contribution in [3.8, 4) is 0 Å². The second-order valence-corrected chi connectivity index (χ2v) is 4.57. The van der Waals surface area contributed by atoms with Gasteiger partial charge in [-0.05, 0) is 30.7 Å². The van der Waals surface area contributed by atoms with Crippen molar-refractivity contribution in [2.45, 2.75) is 13.5 Å². The molecule has 6 nitrogen and oxygen atoms in total. The molecule has 2 rings (SSSR count). The highest BCUT2D eigenvalue weighted by atomic mass is 16.6. The summed E-state index contributed by atoms with van der Waals surface area (Å²) >= 11 is 0. The summed E-state index contributed by atoms with van der Waals surface area (Å²) in [5.74, 6) is -0.983. The largest absolute Gasteiger partial charge is 0.478 e. The number of nitro groups is 1. The lowest BCUT2D eigenvalue weighted by molar-refractivity contribution is -0.385. The number of hydrogen-bond donors (Lipinski definition) is 2. The maximum atomic E-state index is 10.9. The van der Waals surface area contributed by atoms with Crippen LogP contribution in [0.1, 0.15) is 21.5 Å². The highest BCUT2D eigenvalue weighted by Gasteiger charge is 2.12. The Bertz CT molecular complexity index is 698. The number of nitrogens with zero attached hydrogens (tertiary/aromatic N) is 1. The average Bonchev–Trinajstić information content (AvgIpc) is 2.46. The van der Waals surface area contributed by atoms with E-state index in [-0.39, 0.29) is 11.3 Å². The van der Waals surface area contributed by atoms with E-state index in [1.807, 2.05) is 0 Å². The minimum absolute atomic E-state index is 0.0549. The summed E-state index contributed by atoms with van der Waals surface area (Å²) in [6.45, 7) is 2.07. The molecule has 0 atom stereocenters. The van der Waals surface area contributed by atoms with Crippen LogP contribution in [0.3, 0.4) is 0 Å². The normalized spacial score (nSPS) is 10.1. The number of carboxylic acids is 1. The lowest BCUT2D eigenvalue weighted by Gasteiger charge is -2.10. The van der Waals surface area contributed by atoms with Gasteiger partial charge in [0.05, 0.1) is 10.5 Å². The smallest absolute Gasteiger partial charge is 0.335 e. The molecule has 0 radical (unpaired) electrons. The molecule has 2 N–H and O–H groups in total. The first-order valence-electron chi connectivity index (χ1n) is 6.29. The number of aromatic carboxylic acids is 1. The van der Waals surface area contributed by atoms with E-state index in [0.29, 0.717) is 17.8 Å². The lowest BCUT2D eigenvalue weighted by Crippen LogP contribution is -2.04. The number of nitro benzene ring substituents is 1. The van der Waals surface area contributed by atoms with E-state index >= 15 is 0 Å². The monoisotopic (exact) mass is 286 g/mol. The van der Waals surface area contributed by atoms with E-state index in [1.54, 1.807) is 37.3 Å². The Labute approximate surface area is 121 Å². The summed E-state index contributed by atoms with van der Waals surface area (Å²) in [6.07, 6.45) is 0. The van der Waals surface area contributed by atoms with Crippen molar-refractivity contribution in [1.82, 2.24) is 0 Å². The van der Waals surface area contributed by atoms with Crippen LogP contribution in [0.2, 0.25) is 0 Å². The number of carbonyl (C=O) groups is 1. The van der Waals surface area contributed by atoms with Gasteiger partial charge in [0.15, 0.2) is 0 Å². The Morgan fingerprint density at radius 1 is 1.29 bits per heavy atom. The SMILES string of the molecule is Cc1c(NCc2cccc(C(=O)O)c2)cccc1[N+](=O)[O-]. The second-order valence-electron chi connectivity index (χ2n) is 4.57. The molecule has 0 unspecified atom stereocenters. The fourth-order valence-corrected chi connectivity index (χ4v) is 2.02. The third-order valence-electron chi connectivity index (χ3n) is 3.16. The third kappa shape index (κ3) is 3.36. The van der Waals surface area contributed by atoms with Crippen molar-refractivity contribution < 1.29 is 14.8 Å². The van der Waals surface area contributed by atoms with E-state index < -0.39 is 10.9 Å². The van der Waals surface area contributed by atoms with Gasteiger partial charge in [-0.15, -0.1) is 0 Å². The Balaban J connectivity index is 2.17. The van der Waals surface area contributed by atoms with E-state index in [1.165, 1.54) is 12.1 Å². The minimum Gasteiger partial charge on any atom is -0.478 e. The highest BCUT2D eigenvalue weighted by Crippen LogP contribution is 2.25. The van der Waals surface area contributed by atoms with Crippen molar-refractivity contribution in [3.05, 3.63) is 69.3 Å². The minimum atomic E-state index is -0.983. The van der Waals surface area contributed by atoms with Crippen LogP contribution < -0.4 is 5.32 Å². The third-order valence-corrected chi connectivity index (χ3v) is 3.16. The van der Waals surface area contributed by atoms with Gasteiger partial charge in [-0.25, -0.2) is 4.79 Å². The van der Waals surface area contributed by atoms with Crippen molar-refractivity contribution in [2.75, 3.05) is 5.32 Å². The number of nitrogens with one attached hydrogen (secondary N) is 1. The summed E-state index contributed by atoms with van der Waals surface area (Å²) in [5, 5.41) is 22.9. The van der Waals surface area contributed by atoms with Crippen LogP contribution in [0.5, 0.6) is 0 Å². The molecule has 0 bridgehead atoms. The zero-order chi connectivity index (χ0) is 15.4. The Kier molecular flexibility index (Phi) is 4.18. The molecule has 108 valence electrons. The van der Waals surface area contributed by atoms with Crippen LogP contribution >= 0.6 is 0 Å². The Hall–Kier alpha value is -2.89. The van der Waals surface area contributed by atoms with Crippen LogP contribution in [-0.4, -0.2) is 16.0 Å². The molecule has 0 aromatic heterocycles. The number of carboxylic acid groups (broad SMARTS) is 1. The number of hydrogen-bond acceptors (Lipinski definition) is 4. The lowest BCUT2D eigenvalue weighted by atomic mass is 10.1. The molecular weight excluding hydrogens is 272 g/mol. The molecular formula is C15H14N2O4. The molecule has 0 aliphatic rings. The second kappa shape index (κ2) is 6.04. The highest BCUT2D eigenvalue weighted by molar-refractivity contribution is 5.87. The Morgan fingerprint density at radius 2 is 2.00 bits per heavy atom. The van der Waals surface area contributed by atoms with E-state index in [0.717, 1.165) is 5.56 Å². The molecule has 0 saturated carbocycles. The van der Waals surface area contributed by atoms with Crippen molar-refractivity contribution in [2.24, 2.45) is 0 Å². The van der Waals surface area contributed by atoms with E-state index in [2.05, 4.69) is 5.32 Å². The summed E-state index contributed by atoms with van der Waals surface area (Å²) in [5.41, 5.74) is 2.27. The molecule has 0 aliphatic carbocycles. The molecule has 6 heteroatoms. The van der Waals surface area contributed by atoms with Crippen LogP contribution in [0.4, 0.5) is 11.4 Å². The van der Waals surface area contributed by atoms with Gasteiger partial charge < -0.3 is 10.4 Å². The maximum Gasteiger partial charge on any atom is 0.335 e. The molecule has 0 saturated heterocycles. The number of anilines is 1. The molecule has 0 spiro atoms. The first kappa shape index (κ1) is 14.5. The molecule has 0 amide bonds. The van der Waals surface area contributed by atoms with Gasteiger partial charge in [-0.2, -0.15) is 0 Å². The fraction of sp³-hybridized carbons (Fsp3) is 0.133. The molecule has 0 aliphatic heterocycles. The Morgan fingerprint density at radius 3 is 2.67 bits per heavy atom. The molecule has 2 aromatic carbocycles. The molecule has 0 fully saturated rings. The molecule has 2 aromatic rings. The van der Waals surface area contributed by atoms with Crippen LogP contribution in [-0.2, 0) is 6.54 Å². The first-order chi connectivity index (χ1) is 9.99. The number of rotatable bonds is 5. The quantitative estimate of drug-likeness (QED) is 0.650. The van der Waals surface area contributed by atoms with Gasteiger partial charge in [0.2, 0.25) is 0 Å². The van der Waals surface area contributed by atoms with Gasteiger partial charge in [-0.1, -0.05) is 18.2 Å². The summed E-state index contributed by atoms with van der Waals surface area (Å²) in [6, 6.07) is 11.4. The first-order valence-corrected chi connectivity index (χ1v) is 6.29. The van der Waals surface area contributed by atoms with Gasteiger partial charge in [0, 0.05) is 23.9 Å². The van der Waals surface area contributed by atoms with E-state index in [4.69, 9.17) is 5.11 Å². The molecule has 0 heterocycles. The van der Waals surface area contributed by atoms with Crippen molar-refractivity contribution >= 4 is 17.3 Å². The van der Waals surface area contributed by atoms with Crippen LogP contribution in [0.25, 0.3) is 0 Å². The standard InChI is InChI=1S/C15H14N2O4/c1-10-13(6-3-7-14(10)17(20)21)16-9-11-4-2-5-12(8-11)15(18)19/h2-8,16H,9H2,1H3,(H,18,19). The zero-order valence-corrected chi connectivity index (χ0v) is 11.4. The van der Waals surface area contributed by atoms with Crippen LogP contribution in [0, 0.1) is 17.0 Å². The fourth-order valence-electron chi connectivity index (χ4n) is 2.02. The summed E-state index contributed by atoms with van der Waals surface area (Å²) < 4.78 is 0. The number of benzene rings is 2. The van der Waals surface area contributed by atoms with Crippen molar-refractivity contribution in [3.63, 3.8) is 0 Å². The van der Waals surface area contributed by atoms with Gasteiger partial charge in [-0.3, -0.25) is 10.1 Å². The maximum absolute atomic E-state index is 10.9. The topological polar surface area (TPSA) is 92.5 Å². The van der Waals surface area contributed by atoms with Crippen LogP contribution in [0.15, 0.2) is 42.5 Å². The predicted molar refractivity (Wildman–Crippen MR) is 78.6 cm³/mol. The van der Waals surface area contributed by atoms with Gasteiger partial charge in [0.25, 0.3) is 5.69 Å². The van der Waals surface area contributed by atoms with Gasteiger partial charge >= 0.3 is 5.97 Å². The van der Waals surface area contributed by atoms with Gasteiger partial charge in [0.1, 0.15) is 0 Å². The zero-order valence-electron chi connectivity index (χ0n) is 11.4. The average molecular weight is 286 g/mol.